The number of halogens is 1. The van der Waals surface area contributed by atoms with Gasteiger partial charge in [-0.3, -0.25) is 4.90 Å². The van der Waals surface area contributed by atoms with E-state index in [1.807, 2.05) is 0 Å². The molecule has 0 bridgehead atoms. The van der Waals surface area contributed by atoms with Crippen LogP contribution in [0.4, 0.5) is 0 Å². The predicted octanol–water partition coefficient (Wildman–Crippen LogP) is 1.97. The molecule has 1 heterocycles. The van der Waals surface area contributed by atoms with E-state index in [1.54, 1.807) is 0 Å². The van der Waals surface area contributed by atoms with Crippen molar-refractivity contribution in [2.75, 3.05) is 32.2 Å². The van der Waals surface area contributed by atoms with Gasteiger partial charge in [-0.15, -0.1) is 11.6 Å². The molecule has 78 valence electrons. The first-order valence-electron chi connectivity index (χ1n) is 5.15. The predicted molar refractivity (Wildman–Crippen MR) is 56.4 cm³/mol. The molecule has 1 saturated heterocycles. The summed E-state index contributed by atoms with van der Waals surface area (Å²) in [5.41, 5.74) is 0. The molecule has 1 rings (SSSR count). The van der Waals surface area contributed by atoms with Crippen LogP contribution in [0.3, 0.4) is 0 Å². The SMILES string of the molecule is CCC(C)CN1CCOCC1CCl. The normalized spacial score (nSPS) is 27.5. The summed E-state index contributed by atoms with van der Waals surface area (Å²) in [5.74, 6) is 1.46. The van der Waals surface area contributed by atoms with Crippen LogP contribution in [-0.4, -0.2) is 43.1 Å². The molecule has 0 amide bonds. The second-order valence-corrected chi connectivity index (χ2v) is 4.20. The van der Waals surface area contributed by atoms with E-state index in [0.717, 1.165) is 32.2 Å². The van der Waals surface area contributed by atoms with E-state index in [1.165, 1.54) is 6.42 Å². The minimum Gasteiger partial charge on any atom is -0.378 e. The molecular formula is C10H20ClNO. The maximum atomic E-state index is 5.88. The van der Waals surface area contributed by atoms with Crippen molar-refractivity contribution in [3.05, 3.63) is 0 Å². The molecule has 0 saturated carbocycles. The fourth-order valence-corrected chi connectivity index (χ4v) is 1.89. The summed E-state index contributed by atoms with van der Waals surface area (Å²) in [5, 5.41) is 0. The molecule has 1 aliphatic heterocycles. The van der Waals surface area contributed by atoms with Crippen molar-refractivity contribution < 1.29 is 4.74 Å². The van der Waals surface area contributed by atoms with E-state index in [-0.39, 0.29) is 0 Å². The average Bonchev–Trinajstić information content (AvgIpc) is 2.18. The maximum Gasteiger partial charge on any atom is 0.0634 e. The Morgan fingerprint density at radius 2 is 2.38 bits per heavy atom. The zero-order valence-electron chi connectivity index (χ0n) is 8.63. The Hall–Kier alpha value is 0.210. The van der Waals surface area contributed by atoms with Crippen molar-refractivity contribution >= 4 is 11.6 Å². The van der Waals surface area contributed by atoms with E-state index in [0.29, 0.717) is 11.9 Å². The fourth-order valence-electron chi connectivity index (χ4n) is 1.60. The Bertz CT molecular complexity index is 143. The number of ether oxygens (including phenoxy) is 1. The van der Waals surface area contributed by atoms with Gasteiger partial charge in [0, 0.05) is 25.0 Å². The van der Waals surface area contributed by atoms with Crippen LogP contribution in [0.2, 0.25) is 0 Å². The van der Waals surface area contributed by atoms with Crippen LogP contribution >= 0.6 is 11.6 Å². The van der Waals surface area contributed by atoms with Gasteiger partial charge in [-0.2, -0.15) is 0 Å². The standard InChI is InChI=1S/C10H20ClNO/c1-3-9(2)7-12-4-5-13-8-10(12)6-11/h9-10H,3-8H2,1-2H3. The Morgan fingerprint density at radius 1 is 1.62 bits per heavy atom. The number of nitrogens with zero attached hydrogens (tertiary/aromatic N) is 1. The summed E-state index contributed by atoms with van der Waals surface area (Å²) >= 11 is 5.88. The third kappa shape index (κ3) is 3.45. The first-order valence-corrected chi connectivity index (χ1v) is 5.69. The van der Waals surface area contributed by atoms with E-state index >= 15 is 0 Å². The second-order valence-electron chi connectivity index (χ2n) is 3.89. The Kier molecular flexibility index (Phi) is 5.07. The fraction of sp³-hybridized carbons (Fsp3) is 1.00. The zero-order chi connectivity index (χ0) is 9.68. The molecule has 0 aromatic rings. The van der Waals surface area contributed by atoms with Gasteiger partial charge < -0.3 is 4.74 Å². The van der Waals surface area contributed by atoms with E-state index in [9.17, 15) is 0 Å². The zero-order valence-corrected chi connectivity index (χ0v) is 9.39. The highest BCUT2D eigenvalue weighted by Crippen LogP contribution is 2.12. The van der Waals surface area contributed by atoms with Crippen LogP contribution < -0.4 is 0 Å². The molecule has 2 atom stereocenters. The summed E-state index contributed by atoms with van der Waals surface area (Å²) in [6.45, 7) is 8.41. The number of hydrogen-bond donors (Lipinski definition) is 0. The number of rotatable bonds is 4. The van der Waals surface area contributed by atoms with Gasteiger partial charge in [0.2, 0.25) is 0 Å². The molecule has 0 radical (unpaired) electrons. The van der Waals surface area contributed by atoms with Crippen LogP contribution in [0.15, 0.2) is 0 Å². The van der Waals surface area contributed by atoms with Crippen LogP contribution in [0.5, 0.6) is 0 Å². The van der Waals surface area contributed by atoms with Crippen molar-refractivity contribution in [2.45, 2.75) is 26.3 Å². The highest BCUT2D eigenvalue weighted by Gasteiger charge is 2.22. The average molecular weight is 206 g/mol. The highest BCUT2D eigenvalue weighted by atomic mass is 35.5. The number of alkyl halides is 1. The Labute approximate surface area is 86.2 Å². The largest absolute Gasteiger partial charge is 0.378 e. The van der Waals surface area contributed by atoms with Gasteiger partial charge in [-0.25, -0.2) is 0 Å². The number of hydrogen-bond acceptors (Lipinski definition) is 2. The molecule has 0 aliphatic carbocycles. The lowest BCUT2D eigenvalue weighted by Gasteiger charge is -2.35. The molecule has 1 fully saturated rings. The van der Waals surface area contributed by atoms with Gasteiger partial charge in [0.25, 0.3) is 0 Å². The van der Waals surface area contributed by atoms with Crippen LogP contribution in [0, 0.1) is 5.92 Å². The van der Waals surface area contributed by atoms with Gasteiger partial charge >= 0.3 is 0 Å². The topological polar surface area (TPSA) is 12.5 Å². The highest BCUT2D eigenvalue weighted by molar-refractivity contribution is 6.18. The van der Waals surface area contributed by atoms with Gasteiger partial charge in [0.05, 0.1) is 13.2 Å². The second kappa shape index (κ2) is 5.84. The lowest BCUT2D eigenvalue weighted by atomic mass is 10.1. The Balaban J connectivity index is 2.35. The maximum absolute atomic E-state index is 5.88. The molecule has 0 aromatic heterocycles. The molecular weight excluding hydrogens is 186 g/mol. The van der Waals surface area contributed by atoms with Crippen LogP contribution in [0.1, 0.15) is 20.3 Å². The molecule has 0 aromatic carbocycles. The number of morpholine rings is 1. The Morgan fingerprint density at radius 3 is 3.00 bits per heavy atom. The van der Waals surface area contributed by atoms with Crippen LogP contribution in [-0.2, 0) is 4.74 Å². The molecule has 3 heteroatoms. The molecule has 2 nitrogen and oxygen atoms in total. The van der Waals surface area contributed by atoms with E-state index < -0.39 is 0 Å². The van der Waals surface area contributed by atoms with Gasteiger partial charge in [-0.05, 0) is 5.92 Å². The van der Waals surface area contributed by atoms with Crippen molar-refractivity contribution in [3.8, 4) is 0 Å². The summed E-state index contributed by atoms with van der Waals surface area (Å²) in [4.78, 5) is 2.46. The quantitative estimate of drug-likeness (QED) is 0.651. The summed E-state index contributed by atoms with van der Waals surface area (Å²) in [7, 11) is 0. The lowest BCUT2D eigenvalue weighted by molar-refractivity contribution is -0.00506. The van der Waals surface area contributed by atoms with Crippen molar-refractivity contribution in [2.24, 2.45) is 5.92 Å². The third-order valence-corrected chi connectivity index (χ3v) is 3.13. The molecule has 2 unspecified atom stereocenters. The first kappa shape index (κ1) is 11.3. The van der Waals surface area contributed by atoms with Crippen molar-refractivity contribution in [3.63, 3.8) is 0 Å². The van der Waals surface area contributed by atoms with E-state index in [2.05, 4.69) is 18.7 Å². The van der Waals surface area contributed by atoms with Crippen molar-refractivity contribution in [1.29, 1.82) is 0 Å². The minimum absolute atomic E-state index is 0.435. The third-order valence-electron chi connectivity index (χ3n) is 2.77. The van der Waals surface area contributed by atoms with Gasteiger partial charge in [0.1, 0.15) is 0 Å². The summed E-state index contributed by atoms with van der Waals surface area (Å²) < 4.78 is 5.39. The molecule has 13 heavy (non-hydrogen) atoms. The summed E-state index contributed by atoms with van der Waals surface area (Å²) in [6, 6.07) is 0.435. The van der Waals surface area contributed by atoms with Crippen molar-refractivity contribution in [1.82, 2.24) is 4.90 Å². The summed E-state index contributed by atoms with van der Waals surface area (Å²) in [6.07, 6.45) is 1.24. The minimum atomic E-state index is 0.435. The smallest absolute Gasteiger partial charge is 0.0634 e. The molecule has 0 N–H and O–H groups in total. The lowest BCUT2D eigenvalue weighted by Crippen LogP contribution is -2.48. The molecule has 0 spiro atoms. The van der Waals surface area contributed by atoms with E-state index in [4.69, 9.17) is 16.3 Å². The monoisotopic (exact) mass is 205 g/mol. The van der Waals surface area contributed by atoms with Crippen LogP contribution in [0.25, 0.3) is 0 Å². The van der Waals surface area contributed by atoms with Gasteiger partial charge in [0.15, 0.2) is 0 Å². The van der Waals surface area contributed by atoms with Gasteiger partial charge in [-0.1, -0.05) is 20.3 Å². The first-order chi connectivity index (χ1) is 6.27. The molecule has 1 aliphatic rings.